The Morgan fingerprint density at radius 1 is 1.00 bits per heavy atom. The molecule has 0 saturated carbocycles. The van der Waals surface area contributed by atoms with Gasteiger partial charge in [0.1, 0.15) is 11.8 Å². The Labute approximate surface area is 199 Å². The maximum atomic E-state index is 10.9. The Morgan fingerprint density at radius 2 is 1.73 bits per heavy atom. The van der Waals surface area contributed by atoms with Gasteiger partial charge in [-0.25, -0.2) is 0 Å². The first-order valence-corrected chi connectivity index (χ1v) is 11.4. The molecule has 7 nitrogen and oxygen atoms in total. The molecule has 1 saturated heterocycles. The summed E-state index contributed by atoms with van der Waals surface area (Å²) >= 11 is 7.24. The highest BCUT2D eigenvalue weighted by Gasteiger charge is 2.42. The lowest BCUT2D eigenvalue weighted by molar-refractivity contribution is -0.384. The molecule has 1 N–H and O–H groups in total. The van der Waals surface area contributed by atoms with Crippen molar-refractivity contribution in [3.05, 3.63) is 113 Å². The topological polar surface area (TPSA) is 84.4 Å². The van der Waals surface area contributed by atoms with E-state index in [1.807, 2.05) is 59.5 Å². The summed E-state index contributed by atoms with van der Waals surface area (Å²) in [4.78, 5) is 19.0. The van der Waals surface area contributed by atoms with Crippen LogP contribution in [0.5, 0.6) is 0 Å². The highest BCUT2D eigenvalue weighted by atomic mass is 32.2. The van der Waals surface area contributed by atoms with E-state index in [1.165, 1.54) is 23.9 Å². The number of pyridine rings is 1. The lowest BCUT2D eigenvalue weighted by Gasteiger charge is -2.26. The first-order chi connectivity index (χ1) is 16.1. The SMILES string of the molecule is O=[N+]([O-])c1ccc(Sc2ccc(N3C(=S)N[C@H](c4ccccn4)[C@H]3c3ccco3)cc2)cc1. The van der Waals surface area contributed by atoms with E-state index < -0.39 is 4.92 Å². The average Bonchev–Trinajstić information content (AvgIpc) is 3.48. The normalized spacial score (nSPS) is 17.7. The second-order valence-electron chi connectivity index (χ2n) is 7.36. The summed E-state index contributed by atoms with van der Waals surface area (Å²) in [6, 6.07) is 23.9. The number of nitro benzene ring substituents is 1. The van der Waals surface area contributed by atoms with E-state index in [4.69, 9.17) is 16.6 Å². The molecule has 2 aromatic heterocycles. The van der Waals surface area contributed by atoms with E-state index in [0.717, 1.165) is 26.9 Å². The first-order valence-electron chi connectivity index (χ1n) is 10.2. The van der Waals surface area contributed by atoms with Crippen molar-refractivity contribution in [2.45, 2.75) is 21.9 Å². The number of nitrogens with zero attached hydrogens (tertiary/aromatic N) is 3. The van der Waals surface area contributed by atoms with Crippen LogP contribution in [-0.4, -0.2) is 15.0 Å². The highest BCUT2D eigenvalue weighted by molar-refractivity contribution is 7.99. The molecule has 0 radical (unpaired) electrons. The van der Waals surface area contributed by atoms with Gasteiger partial charge in [-0.15, -0.1) is 0 Å². The number of benzene rings is 2. The van der Waals surface area contributed by atoms with Crippen molar-refractivity contribution in [3.8, 4) is 0 Å². The van der Waals surface area contributed by atoms with Crippen LogP contribution in [0.25, 0.3) is 0 Å². The smallest absolute Gasteiger partial charge is 0.269 e. The molecule has 3 heterocycles. The molecule has 2 atom stereocenters. The summed E-state index contributed by atoms with van der Waals surface area (Å²) in [6.45, 7) is 0. The Kier molecular flexibility index (Phi) is 5.80. The fourth-order valence-corrected chi connectivity index (χ4v) is 4.99. The van der Waals surface area contributed by atoms with Gasteiger partial charge in [0.15, 0.2) is 5.11 Å². The van der Waals surface area contributed by atoms with Crippen LogP contribution in [-0.2, 0) is 0 Å². The number of anilines is 1. The van der Waals surface area contributed by atoms with E-state index in [2.05, 4.69) is 10.3 Å². The molecule has 0 spiro atoms. The summed E-state index contributed by atoms with van der Waals surface area (Å²) in [6.07, 6.45) is 3.43. The summed E-state index contributed by atoms with van der Waals surface area (Å²) < 4.78 is 5.78. The van der Waals surface area contributed by atoms with Crippen LogP contribution in [0.2, 0.25) is 0 Å². The van der Waals surface area contributed by atoms with Crippen molar-refractivity contribution in [1.82, 2.24) is 10.3 Å². The van der Waals surface area contributed by atoms with E-state index in [9.17, 15) is 10.1 Å². The van der Waals surface area contributed by atoms with Crippen molar-refractivity contribution >= 4 is 40.5 Å². The van der Waals surface area contributed by atoms with Crippen molar-refractivity contribution in [2.24, 2.45) is 0 Å². The molecule has 9 heteroatoms. The number of nitrogens with one attached hydrogen (secondary N) is 1. The number of hydrogen-bond donors (Lipinski definition) is 1. The number of furan rings is 1. The largest absolute Gasteiger partial charge is 0.467 e. The van der Waals surface area contributed by atoms with Crippen LogP contribution in [0.4, 0.5) is 11.4 Å². The van der Waals surface area contributed by atoms with E-state index in [-0.39, 0.29) is 17.8 Å². The number of nitro groups is 1. The lowest BCUT2D eigenvalue weighted by Crippen LogP contribution is -2.29. The van der Waals surface area contributed by atoms with Crippen LogP contribution in [0.3, 0.4) is 0 Å². The van der Waals surface area contributed by atoms with Gasteiger partial charge in [0.25, 0.3) is 5.69 Å². The van der Waals surface area contributed by atoms with Gasteiger partial charge in [-0.2, -0.15) is 0 Å². The Morgan fingerprint density at radius 3 is 2.33 bits per heavy atom. The zero-order valence-corrected chi connectivity index (χ0v) is 18.8. The third kappa shape index (κ3) is 4.33. The zero-order valence-electron chi connectivity index (χ0n) is 17.2. The van der Waals surface area contributed by atoms with E-state index >= 15 is 0 Å². The zero-order chi connectivity index (χ0) is 22.8. The molecule has 5 rings (SSSR count). The standard InChI is InChI=1S/C24H18N4O3S2/c29-28(30)17-8-12-19(13-9-17)33-18-10-6-16(7-11-18)27-23(21-5-3-15-31-21)22(26-24(27)32)20-4-1-2-14-25-20/h1-15,22-23H,(H,26,32)/t22-,23-/m1/s1. The van der Waals surface area contributed by atoms with Gasteiger partial charge < -0.3 is 14.6 Å². The molecular weight excluding hydrogens is 456 g/mol. The number of thiocarbonyl (C=S) groups is 1. The van der Waals surface area contributed by atoms with Gasteiger partial charge in [0.05, 0.1) is 22.9 Å². The van der Waals surface area contributed by atoms with Crippen molar-refractivity contribution in [1.29, 1.82) is 0 Å². The van der Waals surface area contributed by atoms with Crippen LogP contribution < -0.4 is 10.2 Å². The maximum Gasteiger partial charge on any atom is 0.269 e. The number of hydrogen-bond acceptors (Lipinski definition) is 6. The third-order valence-electron chi connectivity index (χ3n) is 5.33. The predicted octanol–water partition coefficient (Wildman–Crippen LogP) is 5.91. The minimum absolute atomic E-state index is 0.0798. The molecular formula is C24H18N4O3S2. The van der Waals surface area contributed by atoms with Crippen LogP contribution in [0, 0.1) is 10.1 Å². The summed E-state index contributed by atoms with van der Waals surface area (Å²) in [7, 11) is 0. The van der Waals surface area contributed by atoms with Gasteiger partial charge in [0.2, 0.25) is 0 Å². The number of non-ortho nitro benzene ring substituents is 1. The molecule has 0 aliphatic carbocycles. The highest BCUT2D eigenvalue weighted by Crippen LogP contribution is 2.42. The minimum Gasteiger partial charge on any atom is -0.467 e. The fraction of sp³-hybridized carbons (Fsp3) is 0.0833. The average molecular weight is 475 g/mol. The van der Waals surface area contributed by atoms with Crippen molar-refractivity contribution < 1.29 is 9.34 Å². The van der Waals surface area contributed by atoms with Gasteiger partial charge in [-0.3, -0.25) is 15.1 Å². The monoisotopic (exact) mass is 474 g/mol. The molecule has 1 aliphatic rings. The van der Waals surface area contributed by atoms with Gasteiger partial charge in [-0.1, -0.05) is 17.8 Å². The summed E-state index contributed by atoms with van der Waals surface area (Å²) in [5.74, 6) is 0.794. The fourth-order valence-electron chi connectivity index (χ4n) is 3.83. The van der Waals surface area contributed by atoms with Crippen LogP contribution >= 0.6 is 24.0 Å². The van der Waals surface area contributed by atoms with E-state index in [1.54, 1.807) is 24.6 Å². The van der Waals surface area contributed by atoms with E-state index in [0.29, 0.717) is 5.11 Å². The second-order valence-corrected chi connectivity index (χ2v) is 8.89. The van der Waals surface area contributed by atoms with Crippen molar-refractivity contribution in [3.63, 3.8) is 0 Å². The Hall–Kier alpha value is -3.69. The van der Waals surface area contributed by atoms with Gasteiger partial charge >= 0.3 is 0 Å². The minimum atomic E-state index is -0.399. The lowest BCUT2D eigenvalue weighted by atomic mass is 10.0. The molecule has 0 unspecified atom stereocenters. The first kappa shape index (κ1) is 21.2. The molecule has 2 aromatic carbocycles. The van der Waals surface area contributed by atoms with Crippen LogP contribution in [0.1, 0.15) is 23.5 Å². The molecule has 33 heavy (non-hydrogen) atoms. The molecule has 0 amide bonds. The maximum absolute atomic E-state index is 10.9. The molecule has 1 aliphatic heterocycles. The molecule has 1 fully saturated rings. The summed E-state index contributed by atoms with van der Waals surface area (Å²) in [5.41, 5.74) is 1.89. The quantitative estimate of drug-likeness (QED) is 0.210. The number of rotatable bonds is 6. The second kappa shape index (κ2) is 9.05. The molecule has 164 valence electrons. The van der Waals surface area contributed by atoms with Crippen LogP contribution in [0.15, 0.2) is 106 Å². The van der Waals surface area contributed by atoms with Gasteiger partial charge in [-0.05, 0) is 72.9 Å². The molecule has 0 bridgehead atoms. The summed E-state index contributed by atoms with van der Waals surface area (Å²) in [5, 5.41) is 14.9. The number of aromatic nitrogens is 1. The predicted molar refractivity (Wildman–Crippen MR) is 130 cm³/mol. The van der Waals surface area contributed by atoms with Gasteiger partial charge in [0, 0.05) is 33.8 Å². The third-order valence-corrected chi connectivity index (χ3v) is 6.66. The Balaban J connectivity index is 1.41. The van der Waals surface area contributed by atoms with Crippen molar-refractivity contribution in [2.75, 3.05) is 4.90 Å². The Bertz CT molecular complexity index is 1260. The molecule has 4 aromatic rings.